The summed E-state index contributed by atoms with van der Waals surface area (Å²) in [6, 6.07) is -2.82. The van der Waals surface area contributed by atoms with Gasteiger partial charge in [-0.25, -0.2) is 14.4 Å². The van der Waals surface area contributed by atoms with Crippen molar-refractivity contribution in [1.82, 2.24) is 16.0 Å². The van der Waals surface area contributed by atoms with Gasteiger partial charge in [-0.3, -0.25) is 9.59 Å². The van der Waals surface area contributed by atoms with Crippen LogP contribution in [-0.4, -0.2) is 76.3 Å². The van der Waals surface area contributed by atoms with Crippen molar-refractivity contribution < 1.29 is 38.2 Å². The molecule has 33 heavy (non-hydrogen) atoms. The van der Waals surface area contributed by atoms with E-state index in [0.29, 0.717) is 32.4 Å². The van der Waals surface area contributed by atoms with Crippen LogP contribution in [0, 0.1) is 0 Å². The van der Waals surface area contributed by atoms with Gasteiger partial charge in [0.25, 0.3) is 0 Å². The van der Waals surface area contributed by atoms with Gasteiger partial charge in [0.2, 0.25) is 5.91 Å². The highest BCUT2D eigenvalue weighted by molar-refractivity contribution is 5.87. The Morgan fingerprint density at radius 1 is 0.727 bits per heavy atom. The third kappa shape index (κ3) is 14.7. The van der Waals surface area contributed by atoms with Crippen LogP contribution >= 0.6 is 0 Å². The Bertz CT molecular complexity index is 629. The third-order valence-corrected chi connectivity index (χ3v) is 4.80. The zero-order chi connectivity index (χ0) is 25.1. The van der Waals surface area contributed by atoms with Crippen molar-refractivity contribution in [2.75, 3.05) is 34.4 Å². The molecule has 0 aromatic rings. The van der Waals surface area contributed by atoms with E-state index in [9.17, 15) is 24.0 Å². The van der Waals surface area contributed by atoms with Crippen molar-refractivity contribution >= 4 is 29.8 Å². The zero-order valence-electron chi connectivity index (χ0n) is 19.8. The minimum absolute atomic E-state index is 0.0262. The van der Waals surface area contributed by atoms with E-state index >= 15 is 0 Å². The van der Waals surface area contributed by atoms with Crippen LogP contribution in [0.1, 0.15) is 57.8 Å². The van der Waals surface area contributed by atoms with Gasteiger partial charge < -0.3 is 35.9 Å². The summed E-state index contributed by atoms with van der Waals surface area (Å²) >= 11 is 0. The fourth-order valence-corrected chi connectivity index (χ4v) is 2.90. The van der Waals surface area contributed by atoms with Crippen molar-refractivity contribution in [3.8, 4) is 0 Å². The third-order valence-electron chi connectivity index (χ3n) is 4.80. The number of ether oxygens (including phenoxy) is 3. The fraction of sp³-hybridized carbons (Fsp3) is 0.762. The lowest BCUT2D eigenvalue weighted by molar-refractivity contribution is -0.144. The second-order valence-electron chi connectivity index (χ2n) is 7.33. The lowest BCUT2D eigenvalue weighted by Gasteiger charge is -2.20. The van der Waals surface area contributed by atoms with Gasteiger partial charge in [0.05, 0.1) is 21.3 Å². The Labute approximate surface area is 194 Å². The van der Waals surface area contributed by atoms with Crippen molar-refractivity contribution in [1.29, 1.82) is 0 Å². The predicted molar refractivity (Wildman–Crippen MR) is 119 cm³/mol. The molecule has 5 N–H and O–H groups in total. The van der Waals surface area contributed by atoms with E-state index < -0.39 is 36.0 Å². The maximum absolute atomic E-state index is 12.3. The predicted octanol–water partition coefficient (Wildman–Crippen LogP) is 0.128. The molecule has 0 aliphatic carbocycles. The molecular formula is C21H38N4O8. The van der Waals surface area contributed by atoms with Gasteiger partial charge in [0, 0.05) is 19.4 Å². The molecule has 0 rings (SSSR count). The van der Waals surface area contributed by atoms with Crippen molar-refractivity contribution in [2.45, 2.75) is 69.9 Å². The molecule has 0 saturated carbocycles. The summed E-state index contributed by atoms with van der Waals surface area (Å²) in [6.07, 6.45) is 4.34. The van der Waals surface area contributed by atoms with Crippen LogP contribution < -0.4 is 21.7 Å². The zero-order valence-corrected chi connectivity index (χ0v) is 19.8. The standard InChI is InChI=1S/C21H38N4O8/c1-31-18(27)12-11-16(20(29)33-3)25-21(30)24-15(19(28)32-2)9-6-8-14-23-17(26)10-5-4-7-13-22/h15-16H,4-14,22H2,1-3H3,(H,23,26)(H2,24,25,30)/t15-,16-/m0/s1. The molecule has 0 aliphatic heterocycles. The first kappa shape index (κ1) is 30.1. The summed E-state index contributed by atoms with van der Waals surface area (Å²) in [5.41, 5.74) is 5.42. The summed E-state index contributed by atoms with van der Waals surface area (Å²) in [4.78, 5) is 59.3. The van der Waals surface area contributed by atoms with Crippen LogP contribution in [0.3, 0.4) is 0 Å². The van der Waals surface area contributed by atoms with Crippen LogP contribution in [-0.2, 0) is 33.4 Å². The Morgan fingerprint density at radius 2 is 1.33 bits per heavy atom. The number of nitrogens with two attached hydrogens (primary N) is 1. The molecule has 2 atom stereocenters. The van der Waals surface area contributed by atoms with Crippen LogP contribution in [0.2, 0.25) is 0 Å². The van der Waals surface area contributed by atoms with Gasteiger partial charge in [-0.15, -0.1) is 0 Å². The number of carbonyl (C=O) groups is 5. The smallest absolute Gasteiger partial charge is 0.328 e. The van der Waals surface area contributed by atoms with Gasteiger partial charge in [-0.1, -0.05) is 6.42 Å². The first-order valence-corrected chi connectivity index (χ1v) is 11.0. The Balaban J connectivity index is 4.51. The van der Waals surface area contributed by atoms with E-state index in [1.54, 1.807) is 0 Å². The monoisotopic (exact) mass is 474 g/mol. The molecule has 0 aliphatic rings. The molecular weight excluding hydrogens is 436 g/mol. The maximum atomic E-state index is 12.3. The van der Waals surface area contributed by atoms with Crippen LogP contribution in [0.25, 0.3) is 0 Å². The molecule has 0 spiro atoms. The van der Waals surface area contributed by atoms with E-state index in [1.165, 1.54) is 14.2 Å². The summed E-state index contributed by atoms with van der Waals surface area (Å²) in [5.74, 6) is -1.95. The van der Waals surface area contributed by atoms with Gasteiger partial charge in [-0.05, 0) is 45.1 Å². The minimum Gasteiger partial charge on any atom is -0.469 e. The van der Waals surface area contributed by atoms with Crippen LogP contribution in [0.4, 0.5) is 4.79 Å². The lowest BCUT2D eigenvalue weighted by atomic mass is 10.1. The van der Waals surface area contributed by atoms with Crippen LogP contribution in [0.5, 0.6) is 0 Å². The summed E-state index contributed by atoms with van der Waals surface area (Å²) in [5, 5.41) is 7.68. The van der Waals surface area contributed by atoms with Crippen molar-refractivity contribution in [3.05, 3.63) is 0 Å². The van der Waals surface area contributed by atoms with Gasteiger partial charge >= 0.3 is 23.9 Å². The molecule has 12 heteroatoms. The fourth-order valence-electron chi connectivity index (χ4n) is 2.90. The van der Waals surface area contributed by atoms with E-state index in [4.69, 9.17) is 10.5 Å². The second kappa shape index (κ2) is 18.7. The normalized spacial score (nSPS) is 12.1. The lowest BCUT2D eigenvalue weighted by Crippen LogP contribution is -2.51. The number of urea groups is 1. The van der Waals surface area contributed by atoms with Gasteiger partial charge in [0.1, 0.15) is 12.1 Å². The number of esters is 3. The number of amides is 3. The second-order valence-corrected chi connectivity index (χ2v) is 7.33. The highest BCUT2D eigenvalue weighted by Crippen LogP contribution is 2.05. The topological polar surface area (TPSA) is 175 Å². The Kier molecular flexibility index (Phi) is 17.0. The van der Waals surface area contributed by atoms with E-state index in [1.807, 2.05) is 0 Å². The van der Waals surface area contributed by atoms with E-state index in [2.05, 4.69) is 25.4 Å². The van der Waals surface area contributed by atoms with E-state index in [-0.39, 0.29) is 25.2 Å². The first-order valence-electron chi connectivity index (χ1n) is 11.0. The van der Waals surface area contributed by atoms with Gasteiger partial charge in [0.15, 0.2) is 0 Å². The van der Waals surface area contributed by atoms with E-state index in [0.717, 1.165) is 26.4 Å². The summed E-state index contributed by atoms with van der Waals surface area (Å²) < 4.78 is 13.9. The average molecular weight is 475 g/mol. The number of nitrogens with one attached hydrogen (secondary N) is 3. The molecule has 0 bridgehead atoms. The SMILES string of the molecule is COC(=O)CC[C@H](NC(=O)N[C@@H](CCCCNC(=O)CCCCCN)C(=O)OC)C(=O)OC. The minimum atomic E-state index is -1.09. The molecule has 3 amide bonds. The number of methoxy groups -OCH3 is 3. The molecule has 190 valence electrons. The highest BCUT2D eigenvalue weighted by atomic mass is 16.5. The van der Waals surface area contributed by atoms with Crippen LogP contribution in [0.15, 0.2) is 0 Å². The van der Waals surface area contributed by atoms with Crippen molar-refractivity contribution in [2.24, 2.45) is 5.73 Å². The molecule has 0 saturated heterocycles. The molecule has 0 radical (unpaired) electrons. The molecule has 0 unspecified atom stereocenters. The molecule has 0 aromatic heterocycles. The summed E-state index contributed by atoms with van der Waals surface area (Å²) in [7, 11) is 3.57. The average Bonchev–Trinajstić information content (AvgIpc) is 2.81. The molecule has 0 heterocycles. The van der Waals surface area contributed by atoms with Gasteiger partial charge in [-0.2, -0.15) is 0 Å². The highest BCUT2D eigenvalue weighted by Gasteiger charge is 2.26. The maximum Gasteiger partial charge on any atom is 0.328 e. The summed E-state index contributed by atoms with van der Waals surface area (Å²) in [6.45, 7) is 1.07. The first-order chi connectivity index (χ1) is 15.8. The Morgan fingerprint density at radius 3 is 1.88 bits per heavy atom. The number of hydrogen-bond donors (Lipinski definition) is 4. The number of unbranched alkanes of at least 4 members (excludes halogenated alkanes) is 3. The Hall–Kier alpha value is -2.89. The quantitative estimate of drug-likeness (QED) is 0.130. The number of hydrogen-bond acceptors (Lipinski definition) is 9. The largest absolute Gasteiger partial charge is 0.469 e. The molecule has 12 nitrogen and oxygen atoms in total. The molecule has 0 fully saturated rings. The van der Waals surface area contributed by atoms with Crippen molar-refractivity contribution in [3.63, 3.8) is 0 Å². The number of carbonyl (C=O) groups excluding carboxylic acids is 5. The number of rotatable bonds is 17. The molecule has 0 aromatic carbocycles.